The molecule has 0 aromatic heterocycles. The fourth-order valence-corrected chi connectivity index (χ4v) is 4.87. The second-order valence-corrected chi connectivity index (χ2v) is 9.86. The molecule has 0 unspecified atom stereocenters. The van der Waals surface area contributed by atoms with Crippen molar-refractivity contribution in [2.75, 3.05) is 30.4 Å². The van der Waals surface area contributed by atoms with Crippen LogP contribution in [0.3, 0.4) is 0 Å². The molecule has 0 spiro atoms. The Kier molecular flexibility index (Phi) is 9.02. The molecule has 3 aromatic carbocycles. The highest BCUT2D eigenvalue weighted by Gasteiger charge is 2.28. The van der Waals surface area contributed by atoms with Crippen molar-refractivity contribution in [1.29, 1.82) is 0 Å². The smallest absolute Gasteiger partial charge is 0.264 e. The fraction of sp³-hybridized carbons (Fsp3) is 0.192. The second-order valence-electron chi connectivity index (χ2n) is 8.00. The summed E-state index contributed by atoms with van der Waals surface area (Å²) in [5, 5.41) is 6.73. The van der Waals surface area contributed by atoms with E-state index >= 15 is 0 Å². The number of ether oxygens (including phenoxy) is 2. The van der Waals surface area contributed by atoms with Crippen molar-refractivity contribution in [1.82, 2.24) is 5.43 Å². The minimum Gasteiger partial charge on any atom is -0.493 e. The van der Waals surface area contributed by atoms with E-state index in [2.05, 4.69) is 15.8 Å². The quantitative estimate of drug-likeness (QED) is 0.298. The van der Waals surface area contributed by atoms with Crippen LogP contribution in [0, 0.1) is 5.82 Å². The lowest BCUT2D eigenvalue weighted by Gasteiger charge is -2.24. The summed E-state index contributed by atoms with van der Waals surface area (Å²) in [6.07, 6.45) is 0. The molecule has 0 atom stereocenters. The van der Waals surface area contributed by atoms with E-state index in [0.717, 1.165) is 16.4 Å². The Balaban J connectivity index is 1.89. The van der Waals surface area contributed by atoms with Gasteiger partial charge in [0.15, 0.2) is 11.5 Å². The number of halogens is 1. The van der Waals surface area contributed by atoms with Gasteiger partial charge in [-0.2, -0.15) is 5.10 Å². The molecule has 3 rings (SSSR count). The lowest BCUT2D eigenvalue weighted by Crippen LogP contribution is -2.39. The number of anilines is 2. The van der Waals surface area contributed by atoms with Crippen molar-refractivity contribution in [3.63, 3.8) is 0 Å². The number of amides is 2. The van der Waals surface area contributed by atoms with Crippen LogP contribution in [0.4, 0.5) is 15.8 Å². The minimum atomic E-state index is -4.30. The zero-order chi connectivity index (χ0) is 27.9. The summed E-state index contributed by atoms with van der Waals surface area (Å²) in [6.45, 7) is 2.38. The molecule has 2 N–H and O–H groups in total. The van der Waals surface area contributed by atoms with Crippen molar-refractivity contribution < 1.29 is 31.9 Å². The van der Waals surface area contributed by atoms with E-state index in [1.54, 1.807) is 31.2 Å². The average Bonchev–Trinajstić information content (AvgIpc) is 2.90. The SMILES string of the molecule is COc1ccc(S(=O)(=O)N(CC(=O)N/N=C(/C)c2cccc(NC(C)=O)c2)c2ccc(F)cc2)cc1OC. The van der Waals surface area contributed by atoms with Crippen LogP contribution < -0.4 is 24.5 Å². The highest BCUT2D eigenvalue weighted by atomic mass is 32.2. The van der Waals surface area contributed by atoms with Crippen LogP contribution >= 0.6 is 0 Å². The Labute approximate surface area is 220 Å². The summed E-state index contributed by atoms with van der Waals surface area (Å²) in [5.41, 5.74) is 4.03. The van der Waals surface area contributed by atoms with Crippen molar-refractivity contribution in [2.24, 2.45) is 5.10 Å². The minimum absolute atomic E-state index is 0.0695. The predicted molar refractivity (Wildman–Crippen MR) is 142 cm³/mol. The Bertz CT molecular complexity index is 1460. The number of hydrogen-bond acceptors (Lipinski definition) is 7. The maximum atomic E-state index is 13.6. The van der Waals surface area contributed by atoms with E-state index < -0.39 is 28.3 Å². The van der Waals surface area contributed by atoms with Crippen LogP contribution in [0.15, 0.2) is 76.7 Å². The summed E-state index contributed by atoms with van der Waals surface area (Å²) in [7, 11) is -1.52. The van der Waals surface area contributed by atoms with Crippen LogP contribution in [0.2, 0.25) is 0 Å². The Hall–Kier alpha value is -4.45. The highest BCUT2D eigenvalue weighted by Crippen LogP contribution is 2.32. The fourth-order valence-electron chi connectivity index (χ4n) is 3.43. The molecule has 2 amide bonds. The van der Waals surface area contributed by atoms with Gasteiger partial charge in [-0.3, -0.25) is 13.9 Å². The standard InChI is InChI=1S/C26H27FN4O6S/c1-17(19-6-5-7-21(14-19)28-18(2)32)29-30-26(33)16-31(22-10-8-20(27)9-11-22)38(34,35)23-12-13-24(36-3)25(15-23)37-4/h5-15H,16H2,1-4H3,(H,28,32)(H,30,33)/b29-17-. The first-order chi connectivity index (χ1) is 18.0. The molecule has 200 valence electrons. The summed E-state index contributed by atoms with van der Waals surface area (Å²) >= 11 is 0. The van der Waals surface area contributed by atoms with E-state index in [1.807, 2.05) is 0 Å². The number of carbonyl (C=O) groups excluding carboxylic acids is 2. The van der Waals surface area contributed by atoms with E-state index in [-0.39, 0.29) is 22.2 Å². The maximum Gasteiger partial charge on any atom is 0.264 e. The molecule has 0 bridgehead atoms. The monoisotopic (exact) mass is 542 g/mol. The highest BCUT2D eigenvalue weighted by molar-refractivity contribution is 7.92. The summed E-state index contributed by atoms with van der Waals surface area (Å²) < 4.78 is 52.0. The molecule has 3 aromatic rings. The normalized spacial score (nSPS) is 11.4. The first-order valence-corrected chi connectivity index (χ1v) is 12.7. The number of sulfonamides is 1. The zero-order valence-electron chi connectivity index (χ0n) is 21.2. The molecule has 0 aliphatic carbocycles. The van der Waals surface area contributed by atoms with E-state index in [9.17, 15) is 22.4 Å². The van der Waals surface area contributed by atoms with Crippen LogP contribution in [-0.2, 0) is 19.6 Å². The molecule has 38 heavy (non-hydrogen) atoms. The van der Waals surface area contributed by atoms with Crippen LogP contribution in [-0.4, -0.2) is 46.7 Å². The van der Waals surface area contributed by atoms with Gasteiger partial charge < -0.3 is 14.8 Å². The molecular formula is C26H27FN4O6S. The number of hydrazone groups is 1. The van der Waals surface area contributed by atoms with Crippen molar-refractivity contribution >= 4 is 38.9 Å². The average molecular weight is 543 g/mol. The first-order valence-electron chi connectivity index (χ1n) is 11.3. The second kappa shape index (κ2) is 12.2. The Morgan fingerprint density at radius 1 is 0.947 bits per heavy atom. The molecule has 0 aliphatic rings. The van der Waals surface area contributed by atoms with E-state index in [4.69, 9.17) is 9.47 Å². The molecule has 0 saturated heterocycles. The third-order valence-corrected chi connectivity index (χ3v) is 7.06. The molecular weight excluding hydrogens is 515 g/mol. The number of hydrogen-bond donors (Lipinski definition) is 2. The van der Waals surface area contributed by atoms with Gasteiger partial charge in [0.25, 0.3) is 15.9 Å². The van der Waals surface area contributed by atoms with Crippen LogP contribution in [0.5, 0.6) is 11.5 Å². The maximum absolute atomic E-state index is 13.6. The van der Waals surface area contributed by atoms with Gasteiger partial charge in [-0.05, 0) is 61.0 Å². The molecule has 0 radical (unpaired) electrons. The van der Waals surface area contributed by atoms with Gasteiger partial charge in [-0.1, -0.05) is 12.1 Å². The Morgan fingerprint density at radius 3 is 2.26 bits per heavy atom. The van der Waals surface area contributed by atoms with Gasteiger partial charge in [0, 0.05) is 18.7 Å². The lowest BCUT2D eigenvalue weighted by molar-refractivity contribution is -0.119. The molecule has 0 fully saturated rings. The largest absolute Gasteiger partial charge is 0.493 e. The summed E-state index contributed by atoms with van der Waals surface area (Å²) in [4.78, 5) is 24.0. The van der Waals surface area contributed by atoms with Crippen LogP contribution in [0.1, 0.15) is 19.4 Å². The van der Waals surface area contributed by atoms with Crippen molar-refractivity contribution in [2.45, 2.75) is 18.7 Å². The van der Waals surface area contributed by atoms with Gasteiger partial charge >= 0.3 is 0 Å². The number of benzene rings is 3. The van der Waals surface area contributed by atoms with Crippen LogP contribution in [0.25, 0.3) is 0 Å². The van der Waals surface area contributed by atoms with Gasteiger partial charge in [0.1, 0.15) is 12.4 Å². The van der Waals surface area contributed by atoms with Gasteiger partial charge in [-0.25, -0.2) is 18.2 Å². The topological polar surface area (TPSA) is 126 Å². The third-order valence-electron chi connectivity index (χ3n) is 5.29. The lowest BCUT2D eigenvalue weighted by atomic mass is 10.1. The number of methoxy groups -OCH3 is 2. The summed E-state index contributed by atoms with van der Waals surface area (Å²) in [6, 6.07) is 15.5. The predicted octanol–water partition coefficient (Wildman–Crippen LogP) is 3.54. The summed E-state index contributed by atoms with van der Waals surface area (Å²) in [5.74, 6) is -1.04. The Morgan fingerprint density at radius 2 is 1.63 bits per heavy atom. The van der Waals surface area contributed by atoms with Crippen molar-refractivity contribution in [3.8, 4) is 11.5 Å². The number of rotatable bonds is 10. The molecule has 0 aliphatic heterocycles. The van der Waals surface area contributed by atoms with Gasteiger partial charge in [-0.15, -0.1) is 0 Å². The molecule has 0 heterocycles. The van der Waals surface area contributed by atoms with Gasteiger partial charge in [0.2, 0.25) is 5.91 Å². The molecule has 0 saturated carbocycles. The third kappa shape index (κ3) is 6.85. The molecule has 12 heteroatoms. The van der Waals surface area contributed by atoms with Gasteiger partial charge in [0.05, 0.1) is 30.5 Å². The molecule has 10 nitrogen and oxygen atoms in total. The number of nitrogens with zero attached hydrogens (tertiary/aromatic N) is 2. The number of nitrogens with one attached hydrogen (secondary N) is 2. The zero-order valence-corrected chi connectivity index (χ0v) is 22.0. The van der Waals surface area contributed by atoms with Crippen molar-refractivity contribution in [3.05, 3.63) is 78.1 Å². The first kappa shape index (κ1) is 28.1. The van der Waals surface area contributed by atoms with E-state index in [1.165, 1.54) is 51.5 Å². The van der Waals surface area contributed by atoms with E-state index in [0.29, 0.717) is 22.7 Å². The number of carbonyl (C=O) groups is 2.